The molecule has 1 saturated carbocycles. The largest absolute Gasteiger partial charge is 0.490 e. The highest BCUT2D eigenvalue weighted by Crippen LogP contribution is 2.48. The van der Waals surface area contributed by atoms with Gasteiger partial charge in [-0.2, -0.15) is 4.72 Å². The van der Waals surface area contributed by atoms with Gasteiger partial charge in [0.05, 0.1) is 29.8 Å². The Morgan fingerprint density at radius 2 is 1.98 bits per heavy atom. The van der Waals surface area contributed by atoms with Crippen molar-refractivity contribution in [3.63, 3.8) is 0 Å². The number of anilines is 1. The fourth-order valence-electron chi connectivity index (χ4n) is 8.46. The summed E-state index contributed by atoms with van der Waals surface area (Å²) in [5, 5.41) is 15.6. The number of hydrogen-bond acceptors (Lipinski definition) is 7. The summed E-state index contributed by atoms with van der Waals surface area (Å²) in [4.78, 5) is 2.51. The van der Waals surface area contributed by atoms with Gasteiger partial charge in [0.15, 0.2) is 0 Å². The molecule has 0 saturated heterocycles. The molecular formula is C35H50ClN3O5S. The lowest BCUT2D eigenvalue weighted by Gasteiger charge is -2.49. The molecule has 0 amide bonds. The van der Waals surface area contributed by atoms with Gasteiger partial charge >= 0.3 is 0 Å². The van der Waals surface area contributed by atoms with Crippen LogP contribution in [0.2, 0.25) is 5.02 Å². The molecule has 2 heterocycles. The number of nitrogens with one attached hydrogen (secondary N) is 2. The van der Waals surface area contributed by atoms with Gasteiger partial charge in [0.2, 0.25) is 10.0 Å². The smallest absolute Gasteiger partial charge is 0.216 e. The fourth-order valence-corrected chi connectivity index (χ4v) is 9.89. The van der Waals surface area contributed by atoms with E-state index in [-0.39, 0.29) is 36.6 Å². The molecule has 4 aliphatic rings. The Kier molecular flexibility index (Phi) is 9.52. The molecule has 2 aromatic carbocycles. The predicted octanol–water partition coefficient (Wildman–Crippen LogP) is 5.39. The second-order valence-corrected chi connectivity index (χ2v) is 17.1. The summed E-state index contributed by atoms with van der Waals surface area (Å²) in [6.45, 7) is 8.15. The summed E-state index contributed by atoms with van der Waals surface area (Å²) < 4.78 is 41.5. The van der Waals surface area contributed by atoms with Crippen LogP contribution in [0.1, 0.15) is 76.0 Å². The maximum absolute atomic E-state index is 13.1. The second kappa shape index (κ2) is 13.0. The van der Waals surface area contributed by atoms with Gasteiger partial charge in [-0.05, 0) is 125 Å². The molecule has 2 bridgehead atoms. The molecule has 2 aliphatic heterocycles. The van der Waals surface area contributed by atoms with Gasteiger partial charge in [0.25, 0.3) is 0 Å². The zero-order chi connectivity index (χ0) is 32.0. The number of sulfonamides is 1. The monoisotopic (exact) mass is 659 g/mol. The summed E-state index contributed by atoms with van der Waals surface area (Å²) >= 11 is 6.44. The molecule has 6 rings (SSSR count). The lowest BCUT2D eigenvalue weighted by Crippen LogP contribution is -2.53. The van der Waals surface area contributed by atoms with Crippen molar-refractivity contribution in [1.82, 2.24) is 10.0 Å². The van der Waals surface area contributed by atoms with Crippen LogP contribution in [0.15, 0.2) is 36.4 Å². The van der Waals surface area contributed by atoms with Crippen LogP contribution < -0.4 is 19.7 Å². The molecule has 248 valence electrons. The fraction of sp³-hybridized carbons (Fsp3) is 0.657. The molecule has 2 aliphatic carbocycles. The lowest BCUT2D eigenvalue weighted by molar-refractivity contribution is -0.0790. The Morgan fingerprint density at radius 1 is 1.16 bits per heavy atom. The summed E-state index contributed by atoms with van der Waals surface area (Å²) in [6.07, 6.45) is 6.41. The third-order valence-electron chi connectivity index (χ3n) is 11.4. The number of rotatable bonds is 1. The van der Waals surface area contributed by atoms with Gasteiger partial charge in [0, 0.05) is 29.6 Å². The average molecular weight is 660 g/mol. The molecule has 10 heteroatoms. The maximum atomic E-state index is 13.1. The highest BCUT2D eigenvalue weighted by atomic mass is 35.5. The summed E-state index contributed by atoms with van der Waals surface area (Å²) in [7, 11) is -1.68. The minimum atomic E-state index is -3.59. The van der Waals surface area contributed by atoms with Crippen molar-refractivity contribution in [3.05, 3.63) is 58.1 Å². The van der Waals surface area contributed by atoms with E-state index in [4.69, 9.17) is 21.1 Å². The van der Waals surface area contributed by atoms with E-state index in [9.17, 15) is 13.5 Å². The van der Waals surface area contributed by atoms with Gasteiger partial charge in [-0.1, -0.05) is 30.7 Å². The third kappa shape index (κ3) is 6.76. The molecule has 7 atom stereocenters. The molecule has 45 heavy (non-hydrogen) atoms. The number of ether oxygens (including phenoxy) is 2. The van der Waals surface area contributed by atoms with Crippen molar-refractivity contribution in [2.75, 3.05) is 38.4 Å². The molecule has 1 spiro atoms. The molecule has 8 nitrogen and oxygen atoms in total. The van der Waals surface area contributed by atoms with E-state index in [1.807, 2.05) is 39.1 Å². The van der Waals surface area contributed by atoms with E-state index < -0.39 is 20.9 Å². The van der Waals surface area contributed by atoms with Crippen LogP contribution in [-0.2, 0) is 33.2 Å². The van der Waals surface area contributed by atoms with Crippen LogP contribution in [0.5, 0.6) is 5.75 Å². The number of aryl methyl sites for hydroxylation is 1. The highest BCUT2D eigenvalue weighted by molar-refractivity contribution is 7.90. The Balaban J connectivity index is 1.36. The first-order valence-corrected chi connectivity index (χ1v) is 18.6. The SMILES string of the molecule is CN[C@H]1C[C@H](C)[C@@H](C)S(=O)(=O)NCOCc2ccc3c(c2)N(C[C@@H]2CC[C@H]2[C@](C)(O)C1)C[C@@]1(CCCc2cc(Cl)ccc21)CO3. The maximum Gasteiger partial charge on any atom is 0.216 e. The Hall–Kier alpha value is -1.88. The first-order valence-electron chi connectivity index (χ1n) is 16.7. The summed E-state index contributed by atoms with van der Waals surface area (Å²) in [6, 6.07) is 12.5. The standard InChI is InChI=1S/C35H50ClN3O5S/c1-23-14-29(37-4)17-34(3,40)30-10-8-27(30)18-39-20-35(13-5-6-26-16-28(36)9-11-31(26)35)21-44-33-12-7-25(15-32(33)39)19-43-22-38-45(41,42)24(23)2/h7,9,11-12,15-16,23-24,27,29-30,37-38,40H,5-6,8,10,13-14,17-22H2,1-4H3/t23-,24+,27-,29-,30+,34+,35-/m0/s1. The molecule has 0 unspecified atom stereocenters. The van der Waals surface area contributed by atoms with Crippen molar-refractivity contribution in [2.45, 2.75) is 94.6 Å². The number of hydrogen-bond donors (Lipinski definition) is 3. The van der Waals surface area contributed by atoms with Crippen LogP contribution >= 0.6 is 11.6 Å². The zero-order valence-electron chi connectivity index (χ0n) is 27.1. The Morgan fingerprint density at radius 3 is 2.73 bits per heavy atom. The lowest BCUT2D eigenvalue weighted by atomic mass is 9.63. The normalized spacial score (nSPS) is 35.5. The van der Waals surface area contributed by atoms with E-state index in [1.165, 1.54) is 11.1 Å². The van der Waals surface area contributed by atoms with Crippen LogP contribution in [-0.4, -0.2) is 63.9 Å². The van der Waals surface area contributed by atoms with E-state index in [0.29, 0.717) is 25.4 Å². The number of benzene rings is 2. The molecule has 1 fully saturated rings. The van der Waals surface area contributed by atoms with Crippen molar-refractivity contribution >= 4 is 27.3 Å². The minimum Gasteiger partial charge on any atom is -0.490 e. The molecule has 0 radical (unpaired) electrons. The van der Waals surface area contributed by atoms with Crippen molar-refractivity contribution in [2.24, 2.45) is 17.8 Å². The molecule has 0 aromatic heterocycles. The highest BCUT2D eigenvalue weighted by Gasteiger charge is 2.47. The molecule has 2 aromatic rings. The van der Waals surface area contributed by atoms with Gasteiger partial charge in [-0.15, -0.1) is 0 Å². The van der Waals surface area contributed by atoms with Gasteiger partial charge < -0.3 is 24.8 Å². The minimum absolute atomic E-state index is 0.00672. The van der Waals surface area contributed by atoms with Crippen molar-refractivity contribution in [1.29, 1.82) is 0 Å². The first-order chi connectivity index (χ1) is 21.4. The number of fused-ring (bicyclic) bond motifs is 4. The third-order valence-corrected chi connectivity index (χ3v) is 13.6. The molecular weight excluding hydrogens is 610 g/mol. The predicted molar refractivity (Wildman–Crippen MR) is 179 cm³/mol. The van der Waals surface area contributed by atoms with E-state index in [2.05, 4.69) is 33.1 Å². The Bertz CT molecular complexity index is 1490. The summed E-state index contributed by atoms with van der Waals surface area (Å²) in [5.74, 6) is 1.22. The van der Waals surface area contributed by atoms with Gasteiger partial charge in [-0.3, -0.25) is 0 Å². The van der Waals surface area contributed by atoms with Gasteiger partial charge in [-0.25, -0.2) is 8.42 Å². The summed E-state index contributed by atoms with van der Waals surface area (Å²) in [5.41, 5.74) is 3.59. The first kappa shape index (κ1) is 33.0. The van der Waals surface area contributed by atoms with Gasteiger partial charge in [0.1, 0.15) is 12.5 Å². The number of halogens is 1. The molecule has 3 N–H and O–H groups in total. The zero-order valence-corrected chi connectivity index (χ0v) is 28.7. The quantitative estimate of drug-likeness (QED) is 0.378. The van der Waals surface area contributed by atoms with Crippen LogP contribution in [0, 0.1) is 17.8 Å². The van der Waals surface area contributed by atoms with Crippen LogP contribution in [0.25, 0.3) is 0 Å². The number of aliphatic hydroxyl groups is 1. The number of nitrogens with zero attached hydrogens (tertiary/aromatic N) is 1. The second-order valence-electron chi connectivity index (χ2n) is 14.5. The topological polar surface area (TPSA) is 100 Å². The van der Waals surface area contributed by atoms with Crippen molar-refractivity contribution < 1.29 is 23.0 Å². The van der Waals surface area contributed by atoms with E-state index >= 15 is 0 Å². The van der Waals surface area contributed by atoms with Crippen molar-refractivity contribution in [3.8, 4) is 5.75 Å². The Labute approximate surface area is 274 Å². The van der Waals surface area contributed by atoms with Crippen LogP contribution in [0.4, 0.5) is 5.69 Å². The van der Waals surface area contributed by atoms with Crippen LogP contribution in [0.3, 0.4) is 0 Å². The van der Waals surface area contributed by atoms with E-state index in [1.54, 1.807) is 6.92 Å². The van der Waals surface area contributed by atoms with E-state index in [0.717, 1.165) is 67.2 Å². The average Bonchev–Trinajstić information content (AvgIpc) is 3.12.